The SMILES string of the molecule is Cn1c(C(C#N)=C(O)CCCC(=O)O)nc2ccccc21. The molecule has 108 valence electrons. The highest BCUT2D eigenvalue weighted by atomic mass is 16.4. The highest BCUT2D eigenvalue weighted by Crippen LogP contribution is 2.23. The molecule has 0 saturated heterocycles. The van der Waals surface area contributed by atoms with E-state index in [1.54, 1.807) is 11.6 Å². The number of imidazole rings is 1. The van der Waals surface area contributed by atoms with Crippen LogP contribution in [0.15, 0.2) is 30.0 Å². The molecule has 0 atom stereocenters. The maximum absolute atomic E-state index is 10.5. The summed E-state index contributed by atoms with van der Waals surface area (Å²) in [6, 6.07) is 9.38. The first-order valence-electron chi connectivity index (χ1n) is 6.50. The van der Waals surface area contributed by atoms with E-state index in [0.717, 1.165) is 11.0 Å². The molecular weight excluding hydrogens is 270 g/mol. The Hall–Kier alpha value is -2.81. The third kappa shape index (κ3) is 3.03. The molecule has 0 radical (unpaired) electrons. The Labute approximate surface area is 121 Å². The number of rotatable bonds is 5. The van der Waals surface area contributed by atoms with Crippen LogP contribution in [0.25, 0.3) is 16.6 Å². The van der Waals surface area contributed by atoms with Crippen LogP contribution in [0.4, 0.5) is 0 Å². The van der Waals surface area contributed by atoms with E-state index in [-0.39, 0.29) is 30.6 Å². The number of carboxylic acids is 1. The number of aliphatic carboxylic acids is 1. The number of benzene rings is 1. The first-order valence-corrected chi connectivity index (χ1v) is 6.50. The fourth-order valence-corrected chi connectivity index (χ4v) is 2.14. The smallest absolute Gasteiger partial charge is 0.303 e. The zero-order valence-corrected chi connectivity index (χ0v) is 11.6. The lowest BCUT2D eigenvalue weighted by Gasteiger charge is -2.04. The molecule has 6 nitrogen and oxygen atoms in total. The molecule has 21 heavy (non-hydrogen) atoms. The Bertz CT molecular complexity index is 753. The fraction of sp³-hybridized carbons (Fsp3) is 0.267. The van der Waals surface area contributed by atoms with E-state index in [0.29, 0.717) is 5.82 Å². The van der Waals surface area contributed by atoms with Gasteiger partial charge in [-0.3, -0.25) is 4.79 Å². The largest absolute Gasteiger partial charge is 0.511 e. The van der Waals surface area contributed by atoms with Gasteiger partial charge in [-0.15, -0.1) is 0 Å². The van der Waals surface area contributed by atoms with Crippen molar-refractivity contribution in [2.24, 2.45) is 7.05 Å². The number of aliphatic hydroxyl groups excluding tert-OH is 1. The molecular formula is C15H15N3O3. The van der Waals surface area contributed by atoms with Gasteiger partial charge in [0.05, 0.1) is 11.0 Å². The average molecular weight is 285 g/mol. The topological polar surface area (TPSA) is 99.1 Å². The molecule has 0 bridgehead atoms. The Balaban J connectivity index is 2.37. The van der Waals surface area contributed by atoms with Gasteiger partial charge in [0.15, 0.2) is 5.82 Å². The number of hydrogen-bond donors (Lipinski definition) is 2. The summed E-state index contributed by atoms with van der Waals surface area (Å²) in [5, 5.41) is 27.9. The van der Waals surface area contributed by atoms with Crippen LogP contribution in [0, 0.1) is 11.3 Å². The van der Waals surface area contributed by atoms with Crippen molar-refractivity contribution in [2.45, 2.75) is 19.3 Å². The molecule has 1 heterocycles. The number of para-hydroxylation sites is 2. The summed E-state index contributed by atoms with van der Waals surface area (Å²) in [6.45, 7) is 0. The van der Waals surface area contributed by atoms with Gasteiger partial charge in [-0.05, 0) is 18.6 Å². The van der Waals surface area contributed by atoms with Crippen LogP contribution in [0.1, 0.15) is 25.1 Å². The van der Waals surface area contributed by atoms with Crippen LogP contribution in [0.2, 0.25) is 0 Å². The number of carboxylic acid groups (broad SMARTS) is 1. The van der Waals surface area contributed by atoms with Crippen molar-refractivity contribution in [2.75, 3.05) is 0 Å². The van der Waals surface area contributed by atoms with E-state index in [2.05, 4.69) is 4.98 Å². The Morgan fingerprint density at radius 1 is 1.33 bits per heavy atom. The van der Waals surface area contributed by atoms with Crippen molar-refractivity contribution in [3.05, 3.63) is 35.8 Å². The minimum atomic E-state index is -0.927. The minimum absolute atomic E-state index is 0.0503. The summed E-state index contributed by atoms with van der Waals surface area (Å²) in [6.07, 6.45) is 0.361. The van der Waals surface area contributed by atoms with E-state index in [4.69, 9.17) is 5.11 Å². The number of hydrogen-bond acceptors (Lipinski definition) is 4. The summed E-state index contributed by atoms with van der Waals surface area (Å²) >= 11 is 0. The van der Waals surface area contributed by atoms with Crippen LogP contribution < -0.4 is 0 Å². The molecule has 0 saturated carbocycles. The monoisotopic (exact) mass is 285 g/mol. The van der Waals surface area contributed by atoms with E-state index < -0.39 is 5.97 Å². The lowest BCUT2D eigenvalue weighted by atomic mass is 10.1. The van der Waals surface area contributed by atoms with Crippen molar-refractivity contribution in [3.63, 3.8) is 0 Å². The highest BCUT2D eigenvalue weighted by Gasteiger charge is 2.16. The van der Waals surface area contributed by atoms with Crippen molar-refractivity contribution >= 4 is 22.6 Å². The van der Waals surface area contributed by atoms with E-state index in [1.165, 1.54) is 0 Å². The molecule has 0 spiro atoms. The predicted octanol–water partition coefficient (Wildman–Crippen LogP) is 2.62. The third-order valence-electron chi connectivity index (χ3n) is 3.22. The minimum Gasteiger partial charge on any atom is -0.511 e. The van der Waals surface area contributed by atoms with Gasteiger partial charge in [0.25, 0.3) is 0 Å². The van der Waals surface area contributed by atoms with Gasteiger partial charge in [-0.1, -0.05) is 12.1 Å². The molecule has 6 heteroatoms. The lowest BCUT2D eigenvalue weighted by molar-refractivity contribution is -0.137. The summed E-state index contributed by atoms with van der Waals surface area (Å²) in [5.74, 6) is -0.673. The fourth-order valence-electron chi connectivity index (χ4n) is 2.14. The number of carbonyl (C=O) groups is 1. The standard InChI is InChI=1S/C15H15N3O3/c1-18-12-6-3-2-5-11(12)17-15(18)10(9-16)13(19)7-4-8-14(20)21/h2-3,5-6,19H,4,7-8H2,1H3,(H,20,21). The molecule has 2 aromatic rings. The van der Waals surface area contributed by atoms with Crippen molar-refractivity contribution < 1.29 is 15.0 Å². The maximum Gasteiger partial charge on any atom is 0.303 e. The predicted molar refractivity (Wildman–Crippen MR) is 77.4 cm³/mol. The van der Waals surface area contributed by atoms with Gasteiger partial charge >= 0.3 is 5.97 Å². The second kappa shape index (κ2) is 6.09. The van der Waals surface area contributed by atoms with Crippen LogP contribution in [0.5, 0.6) is 0 Å². The van der Waals surface area contributed by atoms with Gasteiger partial charge in [0.1, 0.15) is 17.4 Å². The van der Waals surface area contributed by atoms with Crippen LogP contribution in [-0.2, 0) is 11.8 Å². The molecule has 0 fully saturated rings. The number of nitriles is 1. The molecule has 1 aromatic heterocycles. The normalized spacial score (nSPS) is 12.0. The molecule has 0 amide bonds. The van der Waals surface area contributed by atoms with E-state index in [9.17, 15) is 15.2 Å². The van der Waals surface area contributed by atoms with E-state index in [1.807, 2.05) is 30.3 Å². The van der Waals surface area contributed by atoms with Crippen molar-refractivity contribution in [1.29, 1.82) is 5.26 Å². The average Bonchev–Trinajstić information content (AvgIpc) is 2.77. The van der Waals surface area contributed by atoms with Crippen LogP contribution >= 0.6 is 0 Å². The third-order valence-corrected chi connectivity index (χ3v) is 3.22. The Morgan fingerprint density at radius 3 is 2.67 bits per heavy atom. The van der Waals surface area contributed by atoms with Gasteiger partial charge < -0.3 is 14.8 Å². The molecule has 0 aliphatic rings. The molecule has 2 N–H and O–H groups in total. The molecule has 0 unspecified atom stereocenters. The zero-order valence-electron chi connectivity index (χ0n) is 11.6. The molecule has 0 aliphatic heterocycles. The van der Waals surface area contributed by atoms with Crippen molar-refractivity contribution in [3.8, 4) is 6.07 Å². The first kappa shape index (κ1) is 14.6. The summed E-state index contributed by atoms with van der Waals surface area (Å²) in [4.78, 5) is 14.8. The molecule has 1 aromatic carbocycles. The van der Waals surface area contributed by atoms with Crippen molar-refractivity contribution in [1.82, 2.24) is 9.55 Å². The van der Waals surface area contributed by atoms with Crippen LogP contribution in [-0.4, -0.2) is 25.7 Å². The second-order valence-electron chi connectivity index (χ2n) is 4.66. The number of fused-ring (bicyclic) bond motifs is 1. The summed E-state index contributed by atoms with van der Waals surface area (Å²) < 4.78 is 1.74. The Kier molecular flexibility index (Phi) is 4.24. The van der Waals surface area contributed by atoms with Gasteiger partial charge in [-0.2, -0.15) is 5.26 Å². The van der Waals surface area contributed by atoms with Crippen LogP contribution in [0.3, 0.4) is 0 Å². The highest BCUT2D eigenvalue weighted by molar-refractivity contribution is 5.83. The molecule has 2 rings (SSSR count). The van der Waals surface area contributed by atoms with E-state index >= 15 is 0 Å². The van der Waals surface area contributed by atoms with Gasteiger partial charge in [-0.25, -0.2) is 4.98 Å². The zero-order chi connectivity index (χ0) is 15.4. The van der Waals surface area contributed by atoms with Gasteiger partial charge in [0.2, 0.25) is 0 Å². The first-order chi connectivity index (χ1) is 10.0. The quantitative estimate of drug-likeness (QED) is 0.649. The number of aromatic nitrogens is 2. The summed E-state index contributed by atoms with van der Waals surface area (Å²) in [5.41, 5.74) is 1.68. The number of allylic oxidation sites excluding steroid dienone is 2. The number of nitrogens with zero attached hydrogens (tertiary/aromatic N) is 3. The summed E-state index contributed by atoms with van der Waals surface area (Å²) in [7, 11) is 1.77. The molecule has 0 aliphatic carbocycles. The lowest BCUT2D eigenvalue weighted by Crippen LogP contribution is -2.00. The Morgan fingerprint density at radius 2 is 2.05 bits per heavy atom. The second-order valence-corrected chi connectivity index (χ2v) is 4.66. The number of aryl methyl sites for hydroxylation is 1. The van der Waals surface area contributed by atoms with Gasteiger partial charge in [0, 0.05) is 19.9 Å². The number of aliphatic hydroxyl groups is 1. The maximum atomic E-state index is 10.5.